The highest BCUT2D eigenvalue weighted by Gasteiger charge is 2.01. The standard InChI is InChI=1S/C20H22N2/c1-2-7-17-11-13-18(14-12-17)8-5-6-15-22-16-21-19-9-3-4-10-20(19)22/h2-4,7,9-14,16H,5-6,8,15H2,1H3. The third-order valence-electron chi connectivity index (χ3n) is 3.98. The molecule has 3 rings (SSSR count). The second kappa shape index (κ2) is 7.08. The third-order valence-corrected chi connectivity index (χ3v) is 3.98. The fraction of sp³-hybridized carbons (Fsp3) is 0.250. The van der Waals surface area contributed by atoms with Crippen molar-refractivity contribution in [2.45, 2.75) is 32.7 Å². The number of aromatic nitrogens is 2. The number of nitrogens with zero attached hydrogens (tertiary/aromatic N) is 2. The quantitative estimate of drug-likeness (QED) is 0.578. The molecule has 0 N–H and O–H groups in total. The maximum Gasteiger partial charge on any atom is 0.0958 e. The van der Waals surface area contributed by atoms with Crippen LogP contribution in [0.1, 0.15) is 30.9 Å². The van der Waals surface area contributed by atoms with Crippen LogP contribution in [0.5, 0.6) is 0 Å². The van der Waals surface area contributed by atoms with Gasteiger partial charge in [0.2, 0.25) is 0 Å². The second-order valence-corrected chi connectivity index (χ2v) is 5.63. The van der Waals surface area contributed by atoms with Crippen LogP contribution in [0.2, 0.25) is 0 Å². The number of unbranched alkanes of at least 4 members (excludes halogenated alkanes) is 1. The van der Waals surface area contributed by atoms with Gasteiger partial charge < -0.3 is 4.57 Å². The Hall–Kier alpha value is -2.35. The number of rotatable bonds is 6. The fourth-order valence-corrected chi connectivity index (χ4v) is 2.79. The molecule has 0 aliphatic rings. The maximum absolute atomic E-state index is 4.44. The minimum Gasteiger partial charge on any atom is -0.331 e. The molecule has 0 amide bonds. The maximum atomic E-state index is 4.44. The molecule has 3 aromatic rings. The van der Waals surface area contributed by atoms with E-state index in [1.54, 1.807) is 0 Å². The molecule has 1 aromatic heterocycles. The average molecular weight is 290 g/mol. The zero-order valence-corrected chi connectivity index (χ0v) is 13.1. The van der Waals surface area contributed by atoms with Crippen LogP contribution >= 0.6 is 0 Å². The van der Waals surface area contributed by atoms with E-state index in [9.17, 15) is 0 Å². The number of para-hydroxylation sites is 2. The lowest BCUT2D eigenvalue weighted by atomic mass is 10.1. The van der Waals surface area contributed by atoms with Gasteiger partial charge in [-0.25, -0.2) is 4.98 Å². The lowest BCUT2D eigenvalue weighted by Crippen LogP contribution is -1.97. The molecule has 2 nitrogen and oxygen atoms in total. The van der Waals surface area contributed by atoms with Crippen LogP contribution in [0.3, 0.4) is 0 Å². The molecule has 1 heterocycles. The van der Waals surface area contributed by atoms with Crippen LogP contribution in [0.25, 0.3) is 17.1 Å². The number of imidazole rings is 1. The van der Waals surface area contributed by atoms with E-state index in [-0.39, 0.29) is 0 Å². The minimum absolute atomic E-state index is 1.04. The van der Waals surface area contributed by atoms with Gasteiger partial charge in [-0.05, 0) is 49.4 Å². The molecule has 0 atom stereocenters. The molecule has 0 saturated heterocycles. The smallest absolute Gasteiger partial charge is 0.0958 e. The van der Waals surface area contributed by atoms with Crippen molar-refractivity contribution in [2.75, 3.05) is 0 Å². The number of fused-ring (bicyclic) bond motifs is 1. The molecule has 2 aromatic carbocycles. The SMILES string of the molecule is CC=Cc1ccc(CCCCn2cnc3ccccc32)cc1. The Morgan fingerprint density at radius 3 is 2.64 bits per heavy atom. The van der Waals surface area contributed by atoms with Crippen LogP contribution in [-0.4, -0.2) is 9.55 Å². The highest BCUT2D eigenvalue weighted by Crippen LogP contribution is 2.14. The summed E-state index contributed by atoms with van der Waals surface area (Å²) in [6, 6.07) is 17.2. The van der Waals surface area contributed by atoms with Crippen molar-refractivity contribution in [2.24, 2.45) is 0 Å². The first kappa shape index (κ1) is 14.6. The average Bonchev–Trinajstić information content (AvgIpc) is 2.97. The second-order valence-electron chi connectivity index (χ2n) is 5.63. The molecule has 0 bridgehead atoms. The molecular formula is C20H22N2. The van der Waals surface area contributed by atoms with Gasteiger partial charge in [-0.3, -0.25) is 0 Å². The summed E-state index contributed by atoms with van der Waals surface area (Å²) < 4.78 is 2.25. The van der Waals surface area contributed by atoms with Crippen LogP contribution in [0, 0.1) is 0 Å². The number of benzene rings is 2. The van der Waals surface area contributed by atoms with Crippen molar-refractivity contribution < 1.29 is 0 Å². The van der Waals surface area contributed by atoms with Crippen LogP contribution in [0.4, 0.5) is 0 Å². The van der Waals surface area contributed by atoms with E-state index in [0.29, 0.717) is 0 Å². The highest BCUT2D eigenvalue weighted by atomic mass is 15.0. The molecule has 0 aliphatic carbocycles. The van der Waals surface area contributed by atoms with E-state index in [2.05, 4.69) is 64.2 Å². The summed E-state index contributed by atoms with van der Waals surface area (Å²) in [5.74, 6) is 0. The molecule has 0 saturated carbocycles. The summed E-state index contributed by atoms with van der Waals surface area (Å²) in [4.78, 5) is 4.44. The van der Waals surface area contributed by atoms with Crippen molar-refractivity contribution >= 4 is 17.1 Å². The molecule has 112 valence electrons. The van der Waals surface area contributed by atoms with Crippen molar-refractivity contribution in [1.29, 1.82) is 0 Å². The van der Waals surface area contributed by atoms with E-state index >= 15 is 0 Å². The highest BCUT2D eigenvalue weighted by molar-refractivity contribution is 5.74. The number of hydrogen-bond acceptors (Lipinski definition) is 1. The predicted molar refractivity (Wildman–Crippen MR) is 93.8 cm³/mol. The largest absolute Gasteiger partial charge is 0.331 e. The Bertz CT molecular complexity index is 751. The van der Waals surface area contributed by atoms with Gasteiger partial charge in [-0.2, -0.15) is 0 Å². The Kier molecular flexibility index (Phi) is 4.69. The fourth-order valence-electron chi connectivity index (χ4n) is 2.79. The third kappa shape index (κ3) is 3.45. The van der Waals surface area contributed by atoms with Gasteiger partial charge in [-0.15, -0.1) is 0 Å². The lowest BCUT2D eigenvalue weighted by molar-refractivity contribution is 0.621. The first-order chi connectivity index (χ1) is 10.9. The zero-order chi connectivity index (χ0) is 15.2. The lowest BCUT2D eigenvalue weighted by Gasteiger charge is -2.05. The minimum atomic E-state index is 1.04. The van der Waals surface area contributed by atoms with Crippen LogP contribution in [0.15, 0.2) is 60.9 Å². The summed E-state index contributed by atoms with van der Waals surface area (Å²) >= 11 is 0. The van der Waals surface area contributed by atoms with Gasteiger partial charge in [0, 0.05) is 6.54 Å². The monoisotopic (exact) mass is 290 g/mol. The van der Waals surface area contributed by atoms with E-state index < -0.39 is 0 Å². The number of allylic oxidation sites excluding steroid dienone is 1. The van der Waals surface area contributed by atoms with Gasteiger partial charge in [0.15, 0.2) is 0 Å². The molecule has 0 fully saturated rings. The van der Waals surface area contributed by atoms with Crippen molar-refractivity contribution in [3.05, 3.63) is 72.1 Å². The Labute approximate surface area is 132 Å². The van der Waals surface area contributed by atoms with E-state index in [0.717, 1.165) is 18.5 Å². The topological polar surface area (TPSA) is 17.8 Å². The van der Waals surface area contributed by atoms with Crippen molar-refractivity contribution in [3.63, 3.8) is 0 Å². The Morgan fingerprint density at radius 2 is 1.82 bits per heavy atom. The summed E-state index contributed by atoms with van der Waals surface area (Å²) in [7, 11) is 0. The summed E-state index contributed by atoms with van der Waals surface area (Å²) in [5, 5.41) is 0. The first-order valence-corrected chi connectivity index (χ1v) is 7.98. The molecule has 2 heteroatoms. The van der Waals surface area contributed by atoms with Gasteiger partial charge in [0.25, 0.3) is 0 Å². The van der Waals surface area contributed by atoms with Gasteiger partial charge in [0.05, 0.1) is 17.4 Å². The molecule has 0 unspecified atom stereocenters. The van der Waals surface area contributed by atoms with Gasteiger partial charge in [-0.1, -0.05) is 48.6 Å². The van der Waals surface area contributed by atoms with Crippen LogP contribution < -0.4 is 0 Å². The molecule has 0 spiro atoms. The zero-order valence-electron chi connectivity index (χ0n) is 13.1. The van der Waals surface area contributed by atoms with Gasteiger partial charge in [0.1, 0.15) is 0 Å². The van der Waals surface area contributed by atoms with E-state index in [4.69, 9.17) is 0 Å². The first-order valence-electron chi connectivity index (χ1n) is 7.98. The van der Waals surface area contributed by atoms with Crippen molar-refractivity contribution in [3.8, 4) is 0 Å². The Balaban J connectivity index is 1.51. The predicted octanol–water partition coefficient (Wildman–Crippen LogP) is 5.09. The van der Waals surface area contributed by atoms with Crippen LogP contribution in [-0.2, 0) is 13.0 Å². The summed E-state index contributed by atoms with van der Waals surface area (Å²) in [6.07, 6.45) is 9.68. The summed E-state index contributed by atoms with van der Waals surface area (Å²) in [5.41, 5.74) is 5.01. The Morgan fingerprint density at radius 1 is 1.00 bits per heavy atom. The normalized spacial score (nSPS) is 11.5. The molecule has 0 aliphatic heterocycles. The van der Waals surface area contributed by atoms with Gasteiger partial charge >= 0.3 is 0 Å². The van der Waals surface area contributed by atoms with E-state index in [1.807, 2.05) is 19.3 Å². The molecular weight excluding hydrogens is 268 g/mol. The number of aryl methyl sites for hydroxylation is 2. The van der Waals surface area contributed by atoms with E-state index in [1.165, 1.54) is 29.5 Å². The molecule has 0 radical (unpaired) electrons. The number of hydrogen-bond donors (Lipinski definition) is 0. The summed E-state index contributed by atoms with van der Waals surface area (Å²) in [6.45, 7) is 3.09. The molecule has 22 heavy (non-hydrogen) atoms. The van der Waals surface area contributed by atoms with Crippen molar-refractivity contribution in [1.82, 2.24) is 9.55 Å².